The Hall–Kier alpha value is -2.05. The number of urea groups is 1. The number of carbonyl (C=O) groups excluding carboxylic acids is 1. The lowest BCUT2D eigenvalue weighted by Gasteiger charge is -2.27. The molecule has 1 heterocycles. The highest BCUT2D eigenvalue weighted by Gasteiger charge is 2.32. The van der Waals surface area contributed by atoms with E-state index in [2.05, 4.69) is 15.7 Å². The Morgan fingerprint density at radius 1 is 1.44 bits per heavy atom. The van der Waals surface area contributed by atoms with E-state index in [4.69, 9.17) is 5.11 Å². The summed E-state index contributed by atoms with van der Waals surface area (Å²) in [5.41, 5.74) is -0.576. The van der Waals surface area contributed by atoms with Crippen LogP contribution in [-0.4, -0.2) is 32.9 Å². The van der Waals surface area contributed by atoms with Crippen LogP contribution in [0.1, 0.15) is 20.8 Å². The van der Waals surface area contributed by atoms with Gasteiger partial charge in [0, 0.05) is 19.3 Å². The molecule has 2 amide bonds. The third-order valence-electron chi connectivity index (χ3n) is 2.34. The second-order valence-corrected chi connectivity index (χ2v) is 5.11. The van der Waals surface area contributed by atoms with Crippen molar-refractivity contribution in [3.05, 3.63) is 12.3 Å². The second-order valence-electron chi connectivity index (χ2n) is 5.11. The van der Waals surface area contributed by atoms with Gasteiger partial charge in [0.1, 0.15) is 6.04 Å². The Labute approximate surface area is 105 Å². The summed E-state index contributed by atoms with van der Waals surface area (Å²) in [5.74, 6) is -0.702. The minimum Gasteiger partial charge on any atom is -0.480 e. The van der Waals surface area contributed by atoms with Gasteiger partial charge >= 0.3 is 12.0 Å². The number of anilines is 1. The van der Waals surface area contributed by atoms with Crippen molar-refractivity contribution in [1.82, 2.24) is 15.1 Å². The van der Waals surface area contributed by atoms with Gasteiger partial charge in [0.2, 0.25) is 0 Å². The zero-order valence-corrected chi connectivity index (χ0v) is 10.9. The quantitative estimate of drug-likeness (QED) is 0.751. The highest BCUT2D eigenvalue weighted by Crippen LogP contribution is 2.19. The summed E-state index contributed by atoms with van der Waals surface area (Å²) in [6, 6.07) is 0.0594. The van der Waals surface area contributed by atoms with Crippen LogP contribution in [0, 0.1) is 5.41 Å². The van der Waals surface area contributed by atoms with Gasteiger partial charge in [-0.1, -0.05) is 20.8 Å². The van der Waals surface area contributed by atoms with E-state index in [9.17, 15) is 9.59 Å². The molecule has 0 aromatic carbocycles. The lowest BCUT2D eigenvalue weighted by Crippen LogP contribution is -2.50. The number of amides is 2. The maximum atomic E-state index is 11.6. The molecule has 0 aliphatic heterocycles. The van der Waals surface area contributed by atoms with Crippen LogP contribution in [0.3, 0.4) is 0 Å². The molecule has 0 bridgehead atoms. The average Bonchev–Trinajstić information content (AvgIpc) is 2.58. The molecule has 3 N–H and O–H groups in total. The van der Waals surface area contributed by atoms with Gasteiger partial charge in [0.15, 0.2) is 5.82 Å². The van der Waals surface area contributed by atoms with Crippen LogP contribution in [0.25, 0.3) is 0 Å². The molecule has 1 atom stereocenters. The van der Waals surface area contributed by atoms with Crippen LogP contribution in [-0.2, 0) is 11.8 Å². The van der Waals surface area contributed by atoms with Crippen molar-refractivity contribution in [2.75, 3.05) is 5.32 Å². The van der Waals surface area contributed by atoms with Gasteiger partial charge in [-0.05, 0) is 5.41 Å². The number of hydrogen-bond acceptors (Lipinski definition) is 3. The van der Waals surface area contributed by atoms with Crippen molar-refractivity contribution in [3.8, 4) is 0 Å². The molecule has 1 rings (SSSR count). The minimum atomic E-state index is -1.07. The predicted molar refractivity (Wildman–Crippen MR) is 66.2 cm³/mol. The van der Waals surface area contributed by atoms with Gasteiger partial charge in [-0.25, -0.2) is 9.59 Å². The van der Waals surface area contributed by atoms with Crippen molar-refractivity contribution in [2.24, 2.45) is 12.5 Å². The molecule has 0 radical (unpaired) electrons. The summed E-state index contributed by atoms with van der Waals surface area (Å²) in [4.78, 5) is 22.7. The maximum Gasteiger partial charge on any atom is 0.326 e. The molecule has 0 aliphatic rings. The van der Waals surface area contributed by atoms with Crippen LogP contribution in [0.5, 0.6) is 0 Å². The van der Waals surface area contributed by atoms with Gasteiger partial charge in [-0.15, -0.1) is 0 Å². The van der Waals surface area contributed by atoms with E-state index in [1.165, 1.54) is 4.68 Å². The van der Waals surface area contributed by atoms with E-state index >= 15 is 0 Å². The van der Waals surface area contributed by atoms with Gasteiger partial charge in [0.25, 0.3) is 0 Å². The maximum absolute atomic E-state index is 11.6. The Morgan fingerprint density at radius 2 is 2.06 bits per heavy atom. The van der Waals surface area contributed by atoms with Crippen molar-refractivity contribution >= 4 is 17.8 Å². The van der Waals surface area contributed by atoms with Gasteiger partial charge in [0.05, 0.1) is 0 Å². The van der Waals surface area contributed by atoms with Crippen molar-refractivity contribution in [1.29, 1.82) is 0 Å². The fourth-order valence-electron chi connectivity index (χ4n) is 1.41. The molecule has 0 fully saturated rings. The van der Waals surface area contributed by atoms with E-state index in [1.54, 1.807) is 40.1 Å². The molecule has 0 aliphatic carbocycles. The average molecular weight is 254 g/mol. The van der Waals surface area contributed by atoms with E-state index in [-0.39, 0.29) is 0 Å². The van der Waals surface area contributed by atoms with Crippen LogP contribution >= 0.6 is 0 Å². The van der Waals surface area contributed by atoms with E-state index in [0.29, 0.717) is 5.82 Å². The molecule has 7 heteroatoms. The van der Waals surface area contributed by atoms with Crippen molar-refractivity contribution < 1.29 is 14.7 Å². The molecule has 0 saturated heterocycles. The third kappa shape index (κ3) is 3.76. The first-order chi connectivity index (χ1) is 8.20. The first kappa shape index (κ1) is 14.0. The number of aromatic nitrogens is 2. The standard InChI is InChI=1S/C11H18N4O3/c1-11(2,3)8(9(16)17)13-10(18)12-7-5-6-15(4)14-7/h5-6,8H,1-4H3,(H,16,17)(H2,12,13,14,18). The lowest BCUT2D eigenvalue weighted by atomic mass is 9.87. The second kappa shape index (κ2) is 5.07. The number of carboxylic acid groups (broad SMARTS) is 1. The molecule has 100 valence electrons. The minimum absolute atomic E-state index is 0.369. The van der Waals surface area contributed by atoms with Crippen LogP contribution < -0.4 is 10.6 Å². The molecule has 1 aromatic heterocycles. The highest BCUT2D eigenvalue weighted by atomic mass is 16.4. The first-order valence-corrected chi connectivity index (χ1v) is 5.50. The Bertz CT molecular complexity index is 447. The Balaban J connectivity index is 2.65. The van der Waals surface area contributed by atoms with Crippen molar-refractivity contribution in [3.63, 3.8) is 0 Å². The number of nitrogens with zero attached hydrogens (tertiary/aromatic N) is 2. The molecule has 1 unspecified atom stereocenters. The van der Waals surface area contributed by atoms with E-state index in [0.717, 1.165) is 0 Å². The van der Waals surface area contributed by atoms with E-state index < -0.39 is 23.5 Å². The smallest absolute Gasteiger partial charge is 0.326 e. The zero-order chi connectivity index (χ0) is 13.9. The third-order valence-corrected chi connectivity index (χ3v) is 2.34. The Morgan fingerprint density at radius 3 is 2.44 bits per heavy atom. The van der Waals surface area contributed by atoms with Gasteiger partial charge in [-0.2, -0.15) is 5.10 Å². The molecule has 7 nitrogen and oxygen atoms in total. The fourth-order valence-corrected chi connectivity index (χ4v) is 1.41. The highest BCUT2D eigenvalue weighted by molar-refractivity contribution is 5.91. The fraction of sp³-hybridized carbons (Fsp3) is 0.545. The molecule has 0 saturated carbocycles. The number of aryl methyl sites for hydroxylation is 1. The molecule has 1 aromatic rings. The summed E-state index contributed by atoms with van der Waals surface area (Å²) < 4.78 is 1.54. The summed E-state index contributed by atoms with van der Waals surface area (Å²) in [6.07, 6.45) is 1.67. The van der Waals surface area contributed by atoms with Crippen LogP contribution in [0.4, 0.5) is 10.6 Å². The van der Waals surface area contributed by atoms with Crippen LogP contribution in [0.15, 0.2) is 12.3 Å². The first-order valence-electron chi connectivity index (χ1n) is 5.50. The Kier molecular flexibility index (Phi) is 3.95. The van der Waals surface area contributed by atoms with Gasteiger partial charge < -0.3 is 10.4 Å². The molecular weight excluding hydrogens is 236 g/mol. The number of carbonyl (C=O) groups is 2. The number of carboxylic acids is 1. The summed E-state index contributed by atoms with van der Waals surface area (Å²) >= 11 is 0. The zero-order valence-electron chi connectivity index (χ0n) is 10.9. The molecule has 18 heavy (non-hydrogen) atoms. The number of hydrogen-bond donors (Lipinski definition) is 3. The van der Waals surface area contributed by atoms with Crippen molar-refractivity contribution in [2.45, 2.75) is 26.8 Å². The summed E-state index contributed by atoms with van der Waals surface area (Å²) in [6.45, 7) is 5.23. The number of nitrogens with one attached hydrogen (secondary N) is 2. The topological polar surface area (TPSA) is 96.2 Å². The molecular formula is C11H18N4O3. The summed E-state index contributed by atoms with van der Waals surface area (Å²) in [7, 11) is 1.72. The SMILES string of the molecule is Cn1ccc(NC(=O)NC(C(=O)O)C(C)(C)C)n1. The van der Waals surface area contributed by atoms with Crippen LogP contribution in [0.2, 0.25) is 0 Å². The summed E-state index contributed by atoms with van der Waals surface area (Å²) in [5, 5.41) is 17.9. The number of rotatable bonds is 3. The lowest BCUT2D eigenvalue weighted by molar-refractivity contribution is -0.141. The largest absolute Gasteiger partial charge is 0.480 e. The predicted octanol–water partition coefficient (Wildman–Crippen LogP) is 1.04. The monoisotopic (exact) mass is 254 g/mol. The number of aliphatic carboxylic acids is 1. The van der Waals surface area contributed by atoms with Gasteiger partial charge in [-0.3, -0.25) is 10.00 Å². The van der Waals surface area contributed by atoms with E-state index in [1.807, 2.05) is 0 Å². The molecule has 0 spiro atoms. The normalized spacial score (nSPS) is 12.9.